The molecule has 1 unspecified atom stereocenters. The van der Waals surface area contributed by atoms with Gasteiger partial charge in [0, 0.05) is 48.4 Å². The van der Waals surface area contributed by atoms with E-state index in [9.17, 15) is 4.79 Å². The second-order valence-electron chi connectivity index (χ2n) is 7.03. The Morgan fingerprint density at radius 1 is 1.48 bits per heavy atom. The molecule has 2 aliphatic rings. The number of aryl methyl sites for hydroxylation is 1. The Kier molecular flexibility index (Phi) is 6.34. The summed E-state index contributed by atoms with van der Waals surface area (Å²) >= 11 is 1.63. The van der Waals surface area contributed by atoms with Gasteiger partial charge in [0.05, 0.1) is 10.6 Å². The highest BCUT2D eigenvalue weighted by Gasteiger charge is 2.25. The lowest BCUT2D eigenvalue weighted by Crippen LogP contribution is -2.46. The topological polar surface area (TPSA) is 73.0 Å². The molecule has 0 aromatic carbocycles. The first-order chi connectivity index (χ1) is 12.6. The Morgan fingerprint density at radius 2 is 2.33 bits per heavy atom. The Labute approximate surface area is 170 Å². The number of carbonyl (C=O) groups is 1. The van der Waals surface area contributed by atoms with Crippen molar-refractivity contribution in [1.82, 2.24) is 20.6 Å². The van der Waals surface area contributed by atoms with Gasteiger partial charge in [-0.2, -0.15) is 0 Å². The van der Waals surface area contributed by atoms with E-state index in [1.807, 2.05) is 24.7 Å². The van der Waals surface area contributed by atoms with Gasteiger partial charge in [-0.15, -0.1) is 24.2 Å². The zero-order chi connectivity index (χ0) is 18.1. The lowest BCUT2D eigenvalue weighted by atomic mass is 10.1. The third-order valence-corrected chi connectivity index (χ3v) is 6.19. The van der Waals surface area contributed by atoms with Gasteiger partial charge in [-0.25, -0.2) is 4.98 Å². The number of carbonyl (C=O) groups excluding carboxylic acids is 1. The van der Waals surface area contributed by atoms with E-state index < -0.39 is 0 Å². The second kappa shape index (κ2) is 8.54. The molecule has 0 aliphatic carbocycles. The molecule has 4 rings (SSSR count). The van der Waals surface area contributed by atoms with Gasteiger partial charge in [0.15, 0.2) is 0 Å². The Balaban J connectivity index is 0.00000210. The molecule has 1 fully saturated rings. The summed E-state index contributed by atoms with van der Waals surface area (Å²) in [4.78, 5) is 23.3. The van der Waals surface area contributed by atoms with E-state index in [0.29, 0.717) is 6.04 Å². The molecule has 3 N–H and O–H groups in total. The van der Waals surface area contributed by atoms with E-state index in [0.717, 1.165) is 46.9 Å². The number of amides is 1. The van der Waals surface area contributed by atoms with Gasteiger partial charge in [-0.1, -0.05) is 0 Å². The third-order valence-electron chi connectivity index (χ3n) is 5.21. The predicted molar refractivity (Wildman–Crippen MR) is 115 cm³/mol. The first-order valence-electron chi connectivity index (χ1n) is 9.21. The number of hydrogen-bond donors (Lipinski definition) is 3. The van der Waals surface area contributed by atoms with E-state index in [1.54, 1.807) is 11.8 Å². The molecule has 6 nitrogen and oxygen atoms in total. The van der Waals surface area contributed by atoms with Crippen LogP contribution in [0.4, 0.5) is 5.69 Å². The minimum atomic E-state index is 0. The fraction of sp³-hybridized carbons (Fsp3) is 0.474. The number of anilines is 1. The van der Waals surface area contributed by atoms with Crippen LogP contribution in [-0.4, -0.2) is 46.8 Å². The summed E-state index contributed by atoms with van der Waals surface area (Å²) < 4.78 is 0. The van der Waals surface area contributed by atoms with E-state index >= 15 is 0 Å². The van der Waals surface area contributed by atoms with Crippen LogP contribution in [-0.2, 0) is 4.79 Å². The Hall–Kier alpha value is -1.70. The van der Waals surface area contributed by atoms with Gasteiger partial charge in [0.25, 0.3) is 5.91 Å². The molecule has 27 heavy (non-hydrogen) atoms. The molecule has 0 saturated carbocycles. The molecular formula is C19H26ClN5OS. The second-order valence-corrected chi connectivity index (χ2v) is 8.16. The summed E-state index contributed by atoms with van der Waals surface area (Å²) in [7, 11) is 0. The number of aromatic nitrogens is 2. The number of thioether (sulfide) groups is 1. The number of rotatable bonds is 4. The lowest BCUT2D eigenvalue weighted by Gasteiger charge is -2.28. The number of pyridine rings is 1. The van der Waals surface area contributed by atoms with Gasteiger partial charge >= 0.3 is 0 Å². The maximum absolute atomic E-state index is 12.7. The van der Waals surface area contributed by atoms with Crippen molar-refractivity contribution in [3.8, 4) is 0 Å². The molecule has 8 heteroatoms. The van der Waals surface area contributed by atoms with Gasteiger partial charge in [-0.05, 0) is 44.9 Å². The van der Waals surface area contributed by atoms with Gasteiger partial charge in [-0.3, -0.25) is 4.79 Å². The van der Waals surface area contributed by atoms with Gasteiger partial charge in [0.2, 0.25) is 0 Å². The molecule has 146 valence electrons. The van der Waals surface area contributed by atoms with Gasteiger partial charge < -0.3 is 20.5 Å². The van der Waals surface area contributed by atoms with Gasteiger partial charge in [0.1, 0.15) is 5.65 Å². The molecule has 2 aromatic heterocycles. The largest absolute Gasteiger partial charge is 0.348 e. The maximum atomic E-state index is 12.7. The van der Waals surface area contributed by atoms with Crippen molar-refractivity contribution in [2.45, 2.75) is 38.8 Å². The molecule has 1 amide bonds. The van der Waals surface area contributed by atoms with Crippen molar-refractivity contribution in [1.29, 1.82) is 0 Å². The lowest BCUT2D eigenvalue weighted by molar-refractivity contribution is -0.117. The summed E-state index contributed by atoms with van der Waals surface area (Å²) in [6, 6.07) is 2.55. The number of nitrogens with one attached hydrogen (secondary N) is 3. The number of aromatic amines is 1. The highest BCUT2D eigenvalue weighted by Crippen LogP contribution is 2.32. The van der Waals surface area contributed by atoms with Crippen LogP contribution >= 0.6 is 24.2 Å². The summed E-state index contributed by atoms with van der Waals surface area (Å²) in [5.74, 6) is 0.916. The normalized spacial score (nSPS) is 20.9. The van der Waals surface area contributed by atoms with Crippen LogP contribution in [0.3, 0.4) is 0 Å². The molecule has 0 bridgehead atoms. The molecule has 2 aromatic rings. The van der Waals surface area contributed by atoms with Crippen molar-refractivity contribution in [2.24, 2.45) is 0 Å². The number of halogens is 1. The molecule has 2 aliphatic heterocycles. The molecule has 2 atom stereocenters. The molecular weight excluding hydrogens is 382 g/mol. The number of nitrogens with zero attached hydrogens (tertiary/aromatic N) is 2. The molecule has 4 heterocycles. The maximum Gasteiger partial charge on any atom is 0.259 e. The average molecular weight is 408 g/mol. The standard InChI is InChI=1S/C19H25N5OS.ClH/c1-12-10-22-18-17(12)15(5-7-21-18)24-8-9-26-16(11-24)19(25)23-13(2)14-4-3-6-20-14;/h5,7,10-11,13-14,20H,3-4,6,8-9H2,1-2H3,(H,21,22)(H,23,25);1H/t13?,14-;/m1./s1. The number of fused-ring (bicyclic) bond motifs is 1. The quantitative estimate of drug-likeness (QED) is 0.726. The van der Waals surface area contributed by atoms with Crippen LogP contribution in [0.1, 0.15) is 25.3 Å². The van der Waals surface area contributed by atoms with Crippen LogP contribution < -0.4 is 15.5 Å². The van der Waals surface area contributed by atoms with E-state index in [1.165, 1.54) is 12.0 Å². The minimum absolute atomic E-state index is 0. The van der Waals surface area contributed by atoms with Crippen molar-refractivity contribution in [2.75, 3.05) is 23.7 Å². The minimum Gasteiger partial charge on any atom is -0.348 e. The monoisotopic (exact) mass is 407 g/mol. The van der Waals surface area contributed by atoms with Crippen LogP contribution in [0, 0.1) is 6.92 Å². The fourth-order valence-electron chi connectivity index (χ4n) is 3.77. The smallest absolute Gasteiger partial charge is 0.259 e. The number of hydrogen-bond acceptors (Lipinski definition) is 5. The Morgan fingerprint density at radius 3 is 3.11 bits per heavy atom. The van der Waals surface area contributed by atoms with E-state index in [2.05, 4.69) is 39.3 Å². The third kappa shape index (κ3) is 4.10. The zero-order valence-corrected chi connectivity index (χ0v) is 17.3. The zero-order valence-electron chi connectivity index (χ0n) is 15.6. The summed E-state index contributed by atoms with van der Waals surface area (Å²) in [5.41, 5.74) is 3.16. The van der Waals surface area contributed by atoms with Crippen LogP contribution in [0.5, 0.6) is 0 Å². The molecule has 0 radical (unpaired) electrons. The van der Waals surface area contributed by atoms with Crippen molar-refractivity contribution in [3.05, 3.63) is 35.1 Å². The highest BCUT2D eigenvalue weighted by molar-refractivity contribution is 8.04. The SMILES string of the molecule is Cc1c[nH]c2nccc(N3C=C(C(=O)NC(C)[C@H]4CCCN4)SCC3)c12.Cl. The van der Waals surface area contributed by atoms with Crippen LogP contribution in [0.2, 0.25) is 0 Å². The van der Waals surface area contributed by atoms with Crippen molar-refractivity contribution >= 4 is 46.8 Å². The summed E-state index contributed by atoms with van der Waals surface area (Å²) in [5, 5.41) is 7.76. The highest BCUT2D eigenvalue weighted by atomic mass is 35.5. The Bertz CT molecular complexity index is 846. The summed E-state index contributed by atoms with van der Waals surface area (Å²) in [6.07, 6.45) is 8.09. The van der Waals surface area contributed by atoms with E-state index in [-0.39, 0.29) is 24.4 Å². The first-order valence-corrected chi connectivity index (χ1v) is 10.2. The molecule has 0 spiro atoms. The fourth-order valence-corrected chi connectivity index (χ4v) is 4.67. The number of H-pyrrole nitrogens is 1. The van der Waals surface area contributed by atoms with Crippen molar-refractivity contribution < 1.29 is 4.79 Å². The predicted octanol–water partition coefficient (Wildman–Crippen LogP) is 2.94. The van der Waals surface area contributed by atoms with Crippen molar-refractivity contribution in [3.63, 3.8) is 0 Å². The average Bonchev–Trinajstić information content (AvgIpc) is 3.32. The molecule has 1 saturated heterocycles. The van der Waals surface area contributed by atoms with Crippen LogP contribution in [0.25, 0.3) is 11.0 Å². The first kappa shape index (κ1) is 20.0. The van der Waals surface area contributed by atoms with E-state index in [4.69, 9.17) is 0 Å². The summed E-state index contributed by atoms with van der Waals surface area (Å²) in [6.45, 7) is 6.09. The van der Waals surface area contributed by atoms with Crippen LogP contribution in [0.15, 0.2) is 29.6 Å².